The van der Waals surface area contributed by atoms with Crippen molar-refractivity contribution in [3.63, 3.8) is 0 Å². The molecule has 1 aliphatic heterocycles. The van der Waals surface area contributed by atoms with Crippen LogP contribution in [0.5, 0.6) is 0 Å². The number of carbonyl (C=O) groups is 1. The van der Waals surface area contributed by atoms with E-state index in [1.54, 1.807) is 0 Å². The Bertz CT molecular complexity index is 210. The van der Waals surface area contributed by atoms with Gasteiger partial charge in [0.05, 0.1) is 6.10 Å². The maximum absolute atomic E-state index is 12.0. The molecule has 1 aliphatic rings. The SMILES string of the molecule is CCCC(C)OC(=O)C1(CC)CCCN1. The molecule has 0 saturated carbocycles. The maximum Gasteiger partial charge on any atom is 0.326 e. The predicted molar refractivity (Wildman–Crippen MR) is 60.7 cm³/mol. The number of nitrogens with one attached hydrogen (secondary N) is 1. The lowest BCUT2D eigenvalue weighted by Crippen LogP contribution is -2.48. The highest BCUT2D eigenvalue weighted by Crippen LogP contribution is 2.25. The van der Waals surface area contributed by atoms with Gasteiger partial charge in [-0.15, -0.1) is 0 Å². The third kappa shape index (κ3) is 2.94. The van der Waals surface area contributed by atoms with Crippen LogP contribution in [0, 0.1) is 0 Å². The molecule has 2 unspecified atom stereocenters. The van der Waals surface area contributed by atoms with E-state index in [4.69, 9.17) is 4.74 Å². The van der Waals surface area contributed by atoms with E-state index in [0.717, 1.165) is 38.6 Å². The number of ether oxygens (including phenoxy) is 1. The Labute approximate surface area is 92.6 Å². The van der Waals surface area contributed by atoms with Gasteiger partial charge in [0.15, 0.2) is 0 Å². The molecule has 0 aromatic rings. The molecule has 3 heteroatoms. The van der Waals surface area contributed by atoms with Crippen molar-refractivity contribution in [3.8, 4) is 0 Å². The third-order valence-corrected chi connectivity index (χ3v) is 3.24. The van der Waals surface area contributed by atoms with E-state index in [1.165, 1.54) is 0 Å². The minimum absolute atomic E-state index is 0.0494. The number of rotatable bonds is 5. The second kappa shape index (κ2) is 5.50. The minimum Gasteiger partial charge on any atom is -0.461 e. The van der Waals surface area contributed by atoms with Gasteiger partial charge in [0, 0.05) is 0 Å². The Morgan fingerprint density at radius 1 is 1.53 bits per heavy atom. The zero-order valence-corrected chi connectivity index (χ0v) is 10.1. The first kappa shape index (κ1) is 12.5. The van der Waals surface area contributed by atoms with Crippen molar-refractivity contribution in [2.45, 2.75) is 64.5 Å². The van der Waals surface area contributed by atoms with Crippen molar-refractivity contribution >= 4 is 5.97 Å². The zero-order chi connectivity index (χ0) is 11.3. The van der Waals surface area contributed by atoms with Gasteiger partial charge in [0.25, 0.3) is 0 Å². The highest BCUT2D eigenvalue weighted by molar-refractivity contribution is 5.81. The standard InChI is InChI=1S/C12H23NO2/c1-4-7-10(3)15-11(14)12(5-2)8-6-9-13-12/h10,13H,4-9H2,1-3H3. The van der Waals surface area contributed by atoms with Gasteiger partial charge < -0.3 is 10.1 Å². The molecule has 3 nitrogen and oxygen atoms in total. The van der Waals surface area contributed by atoms with Crippen molar-refractivity contribution < 1.29 is 9.53 Å². The lowest BCUT2D eigenvalue weighted by molar-refractivity contribution is -0.156. The van der Waals surface area contributed by atoms with E-state index in [0.29, 0.717) is 0 Å². The summed E-state index contributed by atoms with van der Waals surface area (Å²) in [5.41, 5.74) is -0.387. The van der Waals surface area contributed by atoms with E-state index >= 15 is 0 Å². The molecule has 0 aromatic heterocycles. The molecule has 1 saturated heterocycles. The second-order valence-electron chi connectivity index (χ2n) is 4.47. The van der Waals surface area contributed by atoms with Crippen LogP contribution in [0.3, 0.4) is 0 Å². The van der Waals surface area contributed by atoms with E-state index < -0.39 is 0 Å². The van der Waals surface area contributed by atoms with Gasteiger partial charge in [0.2, 0.25) is 0 Å². The lowest BCUT2D eigenvalue weighted by atomic mass is 9.94. The Morgan fingerprint density at radius 3 is 2.73 bits per heavy atom. The van der Waals surface area contributed by atoms with Crippen molar-refractivity contribution in [2.24, 2.45) is 0 Å². The summed E-state index contributed by atoms with van der Waals surface area (Å²) in [5, 5.41) is 3.29. The van der Waals surface area contributed by atoms with Crippen molar-refractivity contribution in [3.05, 3.63) is 0 Å². The first-order valence-electron chi connectivity index (χ1n) is 6.10. The minimum atomic E-state index is -0.387. The van der Waals surface area contributed by atoms with Gasteiger partial charge in [0.1, 0.15) is 5.54 Å². The molecule has 0 radical (unpaired) electrons. The topological polar surface area (TPSA) is 38.3 Å². The van der Waals surface area contributed by atoms with Crippen LogP contribution in [0.1, 0.15) is 52.9 Å². The summed E-state index contributed by atoms with van der Waals surface area (Å²) in [7, 11) is 0. The first-order valence-corrected chi connectivity index (χ1v) is 6.10. The first-order chi connectivity index (χ1) is 7.14. The average molecular weight is 213 g/mol. The molecule has 0 spiro atoms. The fraction of sp³-hybridized carbons (Fsp3) is 0.917. The molecule has 1 rings (SSSR count). The Kier molecular flexibility index (Phi) is 4.58. The third-order valence-electron chi connectivity index (χ3n) is 3.24. The van der Waals surface area contributed by atoms with E-state index in [-0.39, 0.29) is 17.6 Å². The van der Waals surface area contributed by atoms with Crippen LogP contribution in [-0.2, 0) is 9.53 Å². The largest absolute Gasteiger partial charge is 0.461 e. The smallest absolute Gasteiger partial charge is 0.326 e. The normalized spacial score (nSPS) is 27.7. The summed E-state index contributed by atoms with van der Waals surface area (Å²) in [6.07, 6.45) is 4.87. The summed E-state index contributed by atoms with van der Waals surface area (Å²) in [4.78, 5) is 12.0. The van der Waals surface area contributed by atoms with Gasteiger partial charge >= 0.3 is 5.97 Å². The highest BCUT2D eigenvalue weighted by atomic mass is 16.5. The Hall–Kier alpha value is -0.570. The number of esters is 1. The molecule has 0 amide bonds. The fourth-order valence-corrected chi connectivity index (χ4v) is 2.19. The van der Waals surface area contributed by atoms with E-state index in [9.17, 15) is 4.79 Å². The summed E-state index contributed by atoms with van der Waals surface area (Å²) < 4.78 is 5.47. The van der Waals surface area contributed by atoms with Gasteiger partial charge in [-0.2, -0.15) is 0 Å². The number of carbonyl (C=O) groups excluding carboxylic acids is 1. The molecular weight excluding hydrogens is 190 g/mol. The van der Waals surface area contributed by atoms with Crippen LogP contribution in [-0.4, -0.2) is 24.2 Å². The molecule has 15 heavy (non-hydrogen) atoms. The lowest BCUT2D eigenvalue weighted by Gasteiger charge is -2.27. The van der Waals surface area contributed by atoms with Crippen molar-refractivity contribution in [2.75, 3.05) is 6.54 Å². The quantitative estimate of drug-likeness (QED) is 0.712. The molecule has 1 N–H and O–H groups in total. The molecule has 88 valence electrons. The van der Waals surface area contributed by atoms with Gasteiger partial charge in [-0.3, -0.25) is 4.79 Å². The Balaban J connectivity index is 2.50. The molecule has 2 atom stereocenters. The molecule has 1 heterocycles. The maximum atomic E-state index is 12.0. The average Bonchev–Trinajstić information content (AvgIpc) is 2.67. The molecular formula is C12H23NO2. The van der Waals surface area contributed by atoms with Gasteiger partial charge in [-0.05, 0) is 39.2 Å². The fourth-order valence-electron chi connectivity index (χ4n) is 2.19. The van der Waals surface area contributed by atoms with Crippen LogP contribution in [0.4, 0.5) is 0 Å². The number of hydrogen-bond donors (Lipinski definition) is 1. The van der Waals surface area contributed by atoms with E-state index in [1.807, 2.05) is 13.8 Å². The summed E-state index contributed by atoms with van der Waals surface area (Å²) in [6.45, 7) is 7.06. The molecule has 0 aliphatic carbocycles. The van der Waals surface area contributed by atoms with Crippen molar-refractivity contribution in [1.29, 1.82) is 0 Å². The molecule has 1 fully saturated rings. The Morgan fingerprint density at radius 2 is 2.27 bits per heavy atom. The van der Waals surface area contributed by atoms with Crippen LogP contribution >= 0.6 is 0 Å². The summed E-state index contributed by atoms with van der Waals surface area (Å²) in [5.74, 6) is -0.0524. The van der Waals surface area contributed by atoms with Crippen LogP contribution in [0.25, 0.3) is 0 Å². The predicted octanol–water partition coefficient (Wildman–Crippen LogP) is 2.25. The highest BCUT2D eigenvalue weighted by Gasteiger charge is 2.41. The van der Waals surface area contributed by atoms with E-state index in [2.05, 4.69) is 12.2 Å². The number of hydrogen-bond acceptors (Lipinski definition) is 3. The van der Waals surface area contributed by atoms with Gasteiger partial charge in [-0.25, -0.2) is 0 Å². The summed E-state index contributed by atoms with van der Waals surface area (Å²) >= 11 is 0. The zero-order valence-electron chi connectivity index (χ0n) is 10.1. The summed E-state index contributed by atoms with van der Waals surface area (Å²) in [6, 6.07) is 0. The monoisotopic (exact) mass is 213 g/mol. The molecule has 0 bridgehead atoms. The van der Waals surface area contributed by atoms with Gasteiger partial charge in [-0.1, -0.05) is 20.3 Å². The van der Waals surface area contributed by atoms with Crippen LogP contribution in [0.2, 0.25) is 0 Å². The van der Waals surface area contributed by atoms with Crippen LogP contribution in [0.15, 0.2) is 0 Å². The van der Waals surface area contributed by atoms with Crippen LogP contribution < -0.4 is 5.32 Å². The second-order valence-corrected chi connectivity index (χ2v) is 4.47. The molecule has 0 aromatic carbocycles. The van der Waals surface area contributed by atoms with Crippen molar-refractivity contribution in [1.82, 2.24) is 5.32 Å².